The van der Waals surface area contributed by atoms with E-state index in [0.29, 0.717) is 23.4 Å². The number of alkyl carbamates (subject to hydrolysis) is 1. The van der Waals surface area contributed by atoms with Crippen LogP contribution in [0.3, 0.4) is 0 Å². The van der Waals surface area contributed by atoms with Crippen molar-refractivity contribution >= 4 is 16.9 Å². The third kappa shape index (κ3) is 4.52. The molecule has 0 radical (unpaired) electrons. The van der Waals surface area contributed by atoms with Gasteiger partial charge in [0.25, 0.3) is 5.56 Å². The van der Waals surface area contributed by atoms with Gasteiger partial charge in [0.1, 0.15) is 17.1 Å². The summed E-state index contributed by atoms with van der Waals surface area (Å²) in [4.78, 5) is 28.9. The van der Waals surface area contributed by atoms with Gasteiger partial charge in [0.2, 0.25) is 0 Å². The molecule has 3 aliphatic rings. The Bertz CT molecular complexity index is 1390. The number of aromatic nitrogens is 2. The summed E-state index contributed by atoms with van der Waals surface area (Å²) >= 11 is 0. The number of hydrogen-bond acceptors (Lipinski definition) is 7. The van der Waals surface area contributed by atoms with E-state index in [2.05, 4.69) is 15.6 Å². The smallest absolute Gasteiger partial charge is 0.408 e. The van der Waals surface area contributed by atoms with Crippen molar-refractivity contribution in [1.82, 2.24) is 20.2 Å². The van der Waals surface area contributed by atoms with E-state index in [1.54, 1.807) is 38.2 Å². The molecule has 1 aromatic carbocycles. The van der Waals surface area contributed by atoms with Crippen LogP contribution >= 0.6 is 0 Å². The minimum Gasteiger partial charge on any atom is -0.496 e. The molecule has 9 nitrogen and oxygen atoms in total. The number of benzene rings is 1. The fourth-order valence-corrected chi connectivity index (χ4v) is 5.76. The fraction of sp³-hybridized carbons (Fsp3) is 0.464. The summed E-state index contributed by atoms with van der Waals surface area (Å²) in [5, 5.41) is 8.11. The van der Waals surface area contributed by atoms with E-state index in [9.17, 15) is 9.59 Å². The number of nitrogens with zero attached hydrogens (tertiary/aromatic N) is 2. The number of rotatable bonds is 7. The van der Waals surface area contributed by atoms with E-state index >= 15 is 0 Å². The zero-order valence-electron chi connectivity index (χ0n) is 22.2. The number of fused-ring (bicyclic) bond motifs is 1. The predicted octanol–water partition coefficient (Wildman–Crippen LogP) is 3.91. The van der Waals surface area contributed by atoms with E-state index in [4.69, 9.17) is 14.2 Å². The quantitative estimate of drug-likeness (QED) is 0.501. The van der Waals surface area contributed by atoms with E-state index in [1.807, 2.05) is 45.2 Å². The van der Waals surface area contributed by atoms with Crippen LogP contribution in [0.5, 0.6) is 11.5 Å². The van der Waals surface area contributed by atoms with Gasteiger partial charge < -0.3 is 29.4 Å². The molecule has 3 aromatic rings. The Morgan fingerprint density at radius 2 is 1.73 bits per heavy atom. The van der Waals surface area contributed by atoms with Crippen molar-refractivity contribution in [2.24, 2.45) is 7.05 Å². The van der Waals surface area contributed by atoms with E-state index in [1.165, 1.54) is 0 Å². The lowest BCUT2D eigenvalue weighted by molar-refractivity contribution is -0.105. The lowest BCUT2D eigenvalue weighted by Crippen LogP contribution is -2.83. The highest BCUT2D eigenvalue weighted by Crippen LogP contribution is 2.60. The third-order valence-corrected chi connectivity index (χ3v) is 7.34. The molecule has 6 rings (SSSR count). The first kappa shape index (κ1) is 25.1. The average molecular weight is 507 g/mol. The van der Waals surface area contributed by atoms with Crippen molar-refractivity contribution in [3.8, 4) is 22.6 Å². The van der Waals surface area contributed by atoms with Crippen LogP contribution in [0, 0.1) is 0 Å². The van der Waals surface area contributed by atoms with Gasteiger partial charge in [-0.2, -0.15) is 0 Å². The van der Waals surface area contributed by atoms with Crippen molar-refractivity contribution in [3.63, 3.8) is 0 Å². The molecule has 2 aromatic heterocycles. The highest BCUT2D eigenvalue weighted by atomic mass is 16.6. The van der Waals surface area contributed by atoms with Crippen LogP contribution < -0.4 is 25.7 Å². The van der Waals surface area contributed by atoms with E-state index < -0.39 is 5.60 Å². The van der Waals surface area contributed by atoms with Crippen LogP contribution in [0.25, 0.3) is 21.9 Å². The van der Waals surface area contributed by atoms with Crippen molar-refractivity contribution < 1.29 is 19.0 Å². The summed E-state index contributed by atoms with van der Waals surface area (Å²) in [6.45, 7) is 6.15. The standard InChI is InChI=1S/C28H34N4O5/c1-26(2,3)37-25(34)31-28-14-27(15-28,16-28)30-12-20-22(35-5)9-17(10-23(20)36-6)21-13-32(4)24(33)19-11-29-8-7-18(19)21/h7-11,13,30H,12,14-16H2,1-6H3,(H,31,34). The molecule has 0 spiro atoms. The minimum absolute atomic E-state index is 0.00931. The van der Waals surface area contributed by atoms with E-state index in [0.717, 1.165) is 41.3 Å². The molecule has 2 N–H and O–H groups in total. The monoisotopic (exact) mass is 506 g/mol. The highest BCUT2D eigenvalue weighted by Gasteiger charge is 2.68. The number of hydrogen-bond donors (Lipinski definition) is 2. The van der Waals surface area contributed by atoms with Crippen molar-refractivity contribution in [1.29, 1.82) is 0 Å². The maximum absolute atomic E-state index is 12.6. The summed E-state index contributed by atoms with van der Waals surface area (Å²) in [7, 11) is 5.02. The van der Waals surface area contributed by atoms with Gasteiger partial charge in [0.15, 0.2) is 0 Å². The maximum Gasteiger partial charge on any atom is 0.408 e. The molecule has 9 heteroatoms. The molecule has 3 aliphatic carbocycles. The summed E-state index contributed by atoms with van der Waals surface area (Å²) in [6.07, 6.45) is 7.34. The Morgan fingerprint density at radius 1 is 1.08 bits per heavy atom. The lowest BCUT2D eigenvalue weighted by atomic mass is 9.44. The number of pyridine rings is 2. The normalized spacial score (nSPS) is 22.1. The van der Waals surface area contributed by atoms with Crippen LogP contribution in [0.4, 0.5) is 4.79 Å². The topological polar surface area (TPSA) is 104 Å². The molecular formula is C28H34N4O5. The van der Waals surface area contributed by atoms with Crippen LogP contribution in [0.15, 0.2) is 41.6 Å². The summed E-state index contributed by atoms with van der Waals surface area (Å²) in [6, 6.07) is 5.81. The number of carbonyl (C=O) groups is 1. The second kappa shape index (κ2) is 8.76. The molecule has 2 heterocycles. The molecule has 0 saturated heterocycles. The van der Waals surface area contributed by atoms with Gasteiger partial charge in [-0.1, -0.05) is 0 Å². The minimum atomic E-state index is -0.513. The number of methoxy groups -OCH3 is 2. The number of aryl methyl sites for hydroxylation is 1. The third-order valence-electron chi connectivity index (χ3n) is 7.34. The van der Waals surface area contributed by atoms with Crippen LogP contribution in [0.1, 0.15) is 45.6 Å². The number of nitrogens with one attached hydrogen (secondary N) is 2. The van der Waals surface area contributed by atoms with Crippen molar-refractivity contribution in [2.45, 2.75) is 63.3 Å². The lowest BCUT2D eigenvalue weighted by Gasteiger charge is -2.70. The Kier molecular flexibility index (Phi) is 5.94. The van der Waals surface area contributed by atoms with E-state index in [-0.39, 0.29) is 22.7 Å². The first-order valence-corrected chi connectivity index (χ1v) is 12.4. The average Bonchev–Trinajstić information content (AvgIpc) is 2.80. The van der Waals surface area contributed by atoms with Crippen LogP contribution in [-0.2, 0) is 18.3 Å². The number of amides is 1. The van der Waals surface area contributed by atoms with Crippen LogP contribution in [-0.4, -0.2) is 46.5 Å². The molecule has 3 saturated carbocycles. The molecule has 0 aliphatic heterocycles. The maximum atomic E-state index is 12.6. The molecule has 37 heavy (non-hydrogen) atoms. The van der Waals surface area contributed by atoms with Gasteiger partial charge in [-0.05, 0) is 69.2 Å². The summed E-state index contributed by atoms with van der Waals surface area (Å²) < 4.78 is 18.6. The summed E-state index contributed by atoms with van der Waals surface area (Å²) in [5.74, 6) is 1.40. The van der Waals surface area contributed by atoms with Crippen LogP contribution in [0.2, 0.25) is 0 Å². The van der Waals surface area contributed by atoms with Crippen molar-refractivity contribution in [2.75, 3.05) is 14.2 Å². The zero-order valence-corrected chi connectivity index (χ0v) is 22.2. The highest BCUT2D eigenvalue weighted by molar-refractivity contribution is 5.95. The second-order valence-corrected chi connectivity index (χ2v) is 11.3. The Labute approximate surface area is 216 Å². The predicted molar refractivity (Wildman–Crippen MR) is 141 cm³/mol. The largest absolute Gasteiger partial charge is 0.496 e. The Balaban J connectivity index is 1.35. The Morgan fingerprint density at radius 3 is 2.32 bits per heavy atom. The first-order valence-electron chi connectivity index (χ1n) is 12.4. The number of ether oxygens (including phenoxy) is 3. The molecule has 2 bridgehead atoms. The number of carbonyl (C=O) groups excluding carboxylic acids is 1. The molecule has 3 fully saturated rings. The first-order chi connectivity index (χ1) is 17.5. The molecular weight excluding hydrogens is 472 g/mol. The molecule has 196 valence electrons. The summed E-state index contributed by atoms with van der Waals surface area (Å²) in [5.41, 5.74) is 1.91. The zero-order chi connectivity index (χ0) is 26.6. The van der Waals surface area contributed by atoms with Gasteiger partial charge in [-0.15, -0.1) is 0 Å². The molecule has 1 amide bonds. The Hall–Kier alpha value is -3.59. The van der Waals surface area contributed by atoms with Crippen molar-refractivity contribution in [3.05, 3.63) is 52.7 Å². The van der Waals surface area contributed by atoms with Gasteiger partial charge in [0, 0.05) is 54.4 Å². The van der Waals surface area contributed by atoms with Gasteiger partial charge >= 0.3 is 6.09 Å². The van der Waals surface area contributed by atoms with Gasteiger partial charge in [-0.25, -0.2) is 4.79 Å². The molecule has 0 unspecified atom stereocenters. The molecule has 0 atom stereocenters. The SMILES string of the molecule is COc1cc(-c2cn(C)c(=O)c3cnccc23)cc(OC)c1CNC12CC(NC(=O)OC(C)(C)C)(C1)C2. The fourth-order valence-electron chi connectivity index (χ4n) is 5.76. The van der Waals surface area contributed by atoms with Gasteiger partial charge in [0.05, 0.1) is 19.6 Å². The van der Waals surface area contributed by atoms with Gasteiger partial charge in [-0.3, -0.25) is 9.78 Å². The second-order valence-electron chi connectivity index (χ2n) is 11.3.